The van der Waals surface area contributed by atoms with Crippen molar-refractivity contribution in [2.45, 2.75) is 32.9 Å². The first-order valence-corrected chi connectivity index (χ1v) is 10.6. The summed E-state index contributed by atoms with van der Waals surface area (Å²) >= 11 is 6.13. The van der Waals surface area contributed by atoms with Crippen molar-refractivity contribution in [3.05, 3.63) is 92.9 Å². The third-order valence-electron chi connectivity index (χ3n) is 5.12. The van der Waals surface area contributed by atoms with Crippen molar-refractivity contribution in [1.29, 1.82) is 0 Å². The molecular formula is C22H21ClN8O2. The van der Waals surface area contributed by atoms with Gasteiger partial charge in [-0.15, -0.1) is 5.10 Å². The van der Waals surface area contributed by atoms with Crippen LogP contribution in [0.3, 0.4) is 0 Å². The molecule has 0 aliphatic heterocycles. The number of amides is 1. The third-order valence-corrected chi connectivity index (χ3v) is 5.35. The lowest BCUT2D eigenvalue weighted by molar-refractivity contribution is -0.120. The smallest absolute Gasteiger partial charge is 0.270 e. The van der Waals surface area contributed by atoms with Crippen molar-refractivity contribution in [2.24, 2.45) is 0 Å². The van der Waals surface area contributed by atoms with E-state index in [1.165, 1.54) is 15.7 Å². The van der Waals surface area contributed by atoms with Crippen LogP contribution in [0.15, 0.2) is 59.9 Å². The largest absolute Gasteiger partial charge is 0.352 e. The molecule has 0 unspecified atom stereocenters. The van der Waals surface area contributed by atoms with Crippen molar-refractivity contribution < 1.29 is 4.79 Å². The minimum Gasteiger partial charge on any atom is -0.352 e. The van der Waals surface area contributed by atoms with Crippen LogP contribution in [0.25, 0.3) is 5.69 Å². The molecule has 4 rings (SSSR count). The lowest BCUT2D eigenvalue weighted by atomic mass is 10.1. The highest BCUT2D eigenvalue weighted by Crippen LogP contribution is 2.19. The van der Waals surface area contributed by atoms with Crippen LogP contribution in [0.4, 0.5) is 0 Å². The molecule has 0 fully saturated rings. The first kappa shape index (κ1) is 22.3. The number of aromatic nitrogens is 7. The minimum atomic E-state index is -0.291. The number of rotatable bonds is 8. The number of benzene rings is 1. The van der Waals surface area contributed by atoms with Crippen LogP contribution in [0, 0.1) is 6.92 Å². The number of nitrogens with zero attached hydrogens (tertiary/aromatic N) is 7. The van der Waals surface area contributed by atoms with Gasteiger partial charge < -0.3 is 5.32 Å². The Morgan fingerprint density at radius 1 is 1.21 bits per heavy atom. The lowest BCUT2D eigenvalue weighted by Gasteiger charge is -2.12. The van der Waals surface area contributed by atoms with Crippen LogP contribution in [0.5, 0.6) is 0 Å². The van der Waals surface area contributed by atoms with Gasteiger partial charge in [-0.1, -0.05) is 17.7 Å². The number of hydrogen-bond acceptors (Lipinski definition) is 7. The fraction of sp³-hybridized carbons (Fsp3) is 0.227. The maximum Gasteiger partial charge on any atom is 0.270 e. The molecule has 0 spiro atoms. The summed E-state index contributed by atoms with van der Waals surface area (Å²) in [6.45, 7) is 2.35. The standard InChI is InChI=1S/C22H21ClN8O2/c1-15-12-27-30(9-7-18-4-2-3-8-24-18)22(33)19(15)11-21(32)25-13-16-10-17(23)5-6-20(16)31-14-26-28-29-31/h2-6,8,10,12,14H,7,9,11,13H2,1H3,(H,25,32). The van der Waals surface area contributed by atoms with E-state index in [-0.39, 0.29) is 24.4 Å². The molecule has 4 aromatic rings. The van der Waals surface area contributed by atoms with Crippen LogP contribution in [0.1, 0.15) is 22.4 Å². The van der Waals surface area contributed by atoms with E-state index in [0.717, 1.165) is 11.3 Å². The molecule has 1 aromatic carbocycles. The van der Waals surface area contributed by atoms with Gasteiger partial charge in [-0.25, -0.2) is 9.36 Å². The Morgan fingerprint density at radius 3 is 2.85 bits per heavy atom. The number of hydrogen-bond donors (Lipinski definition) is 1. The summed E-state index contributed by atoms with van der Waals surface area (Å²) in [5, 5.41) is 18.8. The molecule has 10 nitrogen and oxygen atoms in total. The quantitative estimate of drug-likeness (QED) is 0.421. The SMILES string of the molecule is Cc1cnn(CCc2ccccn2)c(=O)c1CC(=O)NCc1cc(Cl)ccc1-n1cnnn1. The molecule has 0 saturated heterocycles. The molecule has 0 radical (unpaired) electrons. The Labute approximate surface area is 194 Å². The fourth-order valence-electron chi connectivity index (χ4n) is 3.36. The molecule has 1 N–H and O–H groups in total. The number of carbonyl (C=O) groups excluding carboxylic acids is 1. The zero-order valence-electron chi connectivity index (χ0n) is 17.8. The van der Waals surface area contributed by atoms with Crippen LogP contribution in [-0.2, 0) is 30.7 Å². The van der Waals surface area contributed by atoms with E-state index in [4.69, 9.17) is 11.6 Å². The summed E-state index contributed by atoms with van der Waals surface area (Å²) in [6, 6.07) is 10.9. The lowest BCUT2D eigenvalue weighted by Crippen LogP contribution is -2.32. The number of nitrogens with one attached hydrogen (secondary N) is 1. The first-order chi connectivity index (χ1) is 16.0. The Morgan fingerprint density at radius 2 is 2.09 bits per heavy atom. The maximum absolute atomic E-state index is 12.9. The van der Waals surface area contributed by atoms with Crippen LogP contribution in [0.2, 0.25) is 5.02 Å². The summed E-state index contributed by atoms with van der Waals surface area (Å²) in [6.07, 6.45) is 5.29. The monoisotopic (exact) mass is 464 g/mol. The van der Waals surface area contributed by atoms with E-state index in [2.05, 4.69) is 30.9 Å². The van der Waals surface area contributed by atoms with E-state index in [0.29, 0.717) is 34.8 Å². The van der Waals surface area contributed by atoms with Gasteiger partial charge in [0.1, 0.15) is 6.33 Å². The predicted molar refractivity (Wildman–Crippen MR) is 121 cm³/mol. The molecular weight excluding hydrogens is 444 g/mol. The highest BCUT2D eigenvalue weighted by atomic mass is 35.5. The fourth-order valence-corrected chi connectivity index (χ4v) is 3.55. The van der Waals surface area contributed by atoms with Crippen molar-refractivity contribution in [1.82, 2.24) is 40.3 Å². The van der Waals surface area contributed by atoms with Gasteiger partial charge in [0.05, 0.1) is 24.8 Å². The second-order valence-electron chi connectivity index (χ2n) is 7.39. The average molecular weight is 465 g/mol. The Kier molecular flexibility index (Phi) is 6.84. The van der Waals surface area contributed by atoms with E-state index in [1.807, 2.05) is 18.2 Å². The predicted octanol–water partition coefficient (Wildman–Crippen LogP) is 1.68. The van der Waals surface area contributed by atoms with Gasteiger partial charge in [0.25, 0.3) is 5.56 Å². The third kappa shape index (κ3) is 5.47. The van der Waals surface area contributed by atoms with Crippen LogP contribution in [-0.4, -0.2) is 40.9 Å². The summed E-state index contributed by atoms with van der Waals surface area (Å²) in [7, 11) is 0. The van der Waals surface area contributed by atoms with Crippen molar-refractivity contribution in [2.75, 3.05) is 0 Å². The van der Waals surface area contributed by atoms with E-state index in [1.54, 1.807) is 37.5 Å². The van der Waals surface area contributed by atoms with Crippen molar-refractivity contribution in [3.8, 4) is 5.69 Å². The molecule has 0 atom stereocenters. The second kappa shape index (κ2) is 10.1. The zero-order valence-corrected chi connectivity index (χ0v) is 18.6. The minimum absolute atomic E-state index is 0.0580. The van der Waals surface area contributed by atoms with Gasteiger partial charge in [-0.2, -0.15) is 5.10 Å². The molecule has 0 aliphatic rings. The number of pyridine rings is 1. The van der Waals surface area contributed by atoms with Crippen LogP contribution >= 0.6 is 11.6 Å². The summed E-state index contributed by atoms with van der Waals surface area (Å²) in [5.74, 6) is -0.291. The molecule has 11 heteroatoms. The summed E-state index contributed by atoms with van der Waals surface area (Å²) in [4.78, 5) is 29.9. The molecule has 0 bridgehead atoms. The molecule has 3 aromatic heterocycles. The Bertz CT molecular complexity index is 1310. The number of tetrazole rings is 1. The second-order valence-corrected chi connectivity index (χ2v) is 7.82. The summed E-state index contributed by atoms with van der Waals surface area (Å²) < 4.78 is 2.86. The molecule has 3 heterocycles. The zero-order chi connectivity index (χ0) is 23.2. The average Bonchev–Trinajstić information content (AvgIpc) is 3.35. The van der Waals surface area contributed by atoms with Crippen molar-refractivity contribution >= 4 is 17.5 Å². The highest BCUT2D eigenvalue weighted by molar-refractivity contribution is 6.30. The highest BCUT2D eigenvalue weighted by Gasteiger charge is 2.14. The van der Waals surface area contributed by atoms with E-state index < -0.39 is 0 Å². The molecule has 0 aliphatic carbocycles. The summed E-state index contributed by atoms with van der Waals surface area (Å²) in [5.41, 5.74) is 3.10. The normalized spacial score (nSPS) is 10.8. The van der Waals surface area contributed by atoms with Gasteiger partial charge in [0.2, 0.25) is 5.91 Å². The van der Waals surface area contributed by atoms with E-state index >= 15 is 0 Å². The molecule has 168 valence electrons. The number of aryl methyl sites for hydroxylation is 3. The number of carbonyl (C=O) groups is 1. The van der Waals surface area contributed by atoms with Gasteiger partial charge in [0.15, 0.2) is 0 Å². The first-order valence-electron chi connectivity index (χ1n) is 10.3. The van der Waals surface area contributed by atoms with Crippen LogP contribution < -0.4 is 10.9 Å². The molecule has 1 amide bonds. The Hall–Kier alpha value is -3.92. The van der Waals surface area contributed by atoms with Crippen molar-refractivity contribution in [3.63, 3.8) is 0 Å². The van der Waals surface area contributed by atoms with Gasteiger partial charge >= 0.3 is 0 Å². The van der Waals surface area contributed by atoms with E-state index in [9.17, 15) is 9.59 Å². The van der Waals surface area contributed by atoms with Gasteiger partial charge in [-0.3, -0.25) is 14.6 Å². The molecule has 0 saturated carbocycles. The molecule has 33 heavy (non-hydrogen) atoms. The Balaban J connectivity index is 1.45. The maximum atomic E-state index is 12.9. The van der Waals surface area contributed by atoms with Gasteiger partial charge in [-0.05, 0) is 58.8 Å². The van der Waals surface area contributed by atoms with Gasteiger partial charge in [0, 0.05) is 35.4 Å². The topological polar surface area (TPSA) is 120 Å². The number of halogens is 1.